The first kappa shape index (κ1) is 17.2. The van der Waals surface area contributed by atoms with Gasteiger partial charge in [0.05, 0.1) is 0 Å². The monoisotopic (exact) mass is 259 g/mol. The van der Waals surface area contributed by atoms with E-state index in [2.05, 4.69) is 4.74 Å². The SMILES string of the molecule is NCCCCCCCCCCCC(N)OC(N)=O. The summed E-state index contributed by atoms with van der Waals surface area (Å²) in [6, 6.07) is 0. The Balaban J connectivity index is 3.09. The molecular formula is C13H29N3O2. The van der Waals surface area contributed by atoms with Crippen molar-refractivity contribution in [2.24, 2.45) is 17.2 Å². The molecule has 1 amide bonds. The first-order valence-corrected chi connectivity index (χ1v) is 7.08. The highest BCUT2D eigenvalue weighted by molar-refractivity contribution is 5.64. The highest BCUT2D eigenvalue weighted by atomic mass is 16.6. The van der Waals surface area contributed by atoms with Crippen LogP contribution in [0.15, 0.2) is 0 Å². The van der Waals surface area contributed by atoms with Gasteiger partial charge in [-0.1, -0.05) is 44.9 Å². The van der Waals surface area contributed by atoms with Gasteiger partial charge in [-0.05, 0) is 25.8 Å². The second kappa shape index (κ2) is 12.6. The van der Waals surface area contributed by atoms with Gasteiger partial charge in [-0.15, -0.1) is 0 Å². The van der Waals surface area contributed by atoms with Crippen LogP contribution in [0, 0.1) is 0 Å². The van der Waals surface area contributed by atoms with Gasteiger partial charge in [0.15, 0.2) is 6.23 Å². The van der Waals surface area contributed by atoms with Crippen LogP contribution in [0.5, 0.6) is 0 Å². The summed E-state index contributed by atoms with van der Waals surface area (Å²) in [5.74, 6) is 0. The van der Waals surface area contributed by atoms with E-state index in [0.29, 0.717) is 6.42 Å². The average molecular weight is 259 g/mol. The summed E-state index contributed by atoms with van der Waals surface area (Å²) in [7, 11) is 0. The number of ether oxygens (including phenoxy) is 1. The lowest BCUT2D eigenvalue weighted by molar-refractivity contribution is 0.103. The Morgan fingerprint density at radius 3 is 1.78 bits per heavy atom. The summed E-state index contributed by atoms with van der Waals surface area (Å²) in [4.78, 5) is 10.4. The van der Waals surface area contributed by atoms with E-state index in [4.69, 9.17) is 17.2 Å². The summed E-state index contributed by atoms with van der Waals surface area (Å²) in [5, 5.41) is 0. The van der Waals surface area contributed by atoms with Crippen LogP contribution in [0.2, 0.25) is 0 Å². The summed E-state index contributed by atoms with van der Waals surface area (Å²) in [6.45, 7) is 0.813. The Morgan fingerprint density at radius 2 is 1.33 bits per heavy atom. The number of hydrogen-bond donors (Lipinski definition) is 3. The van der Waals surface area contributed by atoms with Crippen molar-refractivity contribution in [1.29, 1.82) is 0 Å². The fourth-order valence-electron chi connectivity index (χ4n) is 1.94. The largest absolute Gasteiger partial charge is 0.431 e. The maximum atomic E-state index is 10.4. The molecule has 0 aliphatic heterocycles. The fraction of sp³-hybridized carbons (Fsp3) is 0.923. The van der Waals surface area contributed by atoms with Crippen molar-refractivity contribution in [3.05, 3.63) is 0 Å². The molecule has 1 unspecified atom stereocenters. The Kier molecular flexibility index (Phi) is 12.1. The van der Waals surface area contributed by atoms with Crippen LogP contribution < -0.4 is 17.2 Å². The number of amides is 1. The van der Waals surface area contributed by atoms with E-state index >= 15 is 0 Å². The molecule has 6 N–H and O–H groups in total. The second-order valence-electron chi connectivity index (χ2n) is 4.73. The van der Waals surface area contributed by atoms with Gasteiger partial charge < -0.3 is 16.2 Å². The van der Waals surface area contributed by atoms with Crippen molar-refractivity contribution in [2.75, 3.05) is 6.54 Å². The van der Waals surface area contributed by atoms with E-state index in [-0.39, 0.29) is 0 Å². The molecule has 5 nitrogen and oxygen atoms in total. The van der Waals surface area contributed by atoms with Crippen LogP contribution in [0.4, 0.5) is 4.79 Å². The summed E-state index contributed by atoms with van der Waals surface area (Å²) >= 11 is 0. The van der Waals surface area contributed by atoms with Crippen LogP contribution in [-0.2, 0) is 4.74 Å². The first-order valence-electron chi connectivity index (χ1n) is 7.08. The number of carbonyl (C=O) groups is 1. The van der Waals surface area contributed by atoms with Crippen molar-refractivity contribution in [3.8, 4) is 0 Å². The molecule has 0 aliphatic carbocycles. The zero-order valence-corrected chi connectivity index (χ0v) is 11.4. The van der Waals surface area contributed by atoms with Gasteiger partial charge in [0, 0.05) is 0 Å². The van der Waals surface area contributed by atoms with Crippen LogP contribution in [0.1, 0.15) is 64.2 Å². The zero-order chi connectivity index (χ0) is 13.6. The van der Waals surface area contributed by atoms with Crippen LogP contribution in [0.25, 0.3) is 0 Å². The van der Waals surface area contributed by atoms with Crippen LogP contribution in [0.3, 0.4) is 0 Å². The number of primary amides is 1. The third kappa shape index (κ3) is 13.3. The van der Waals surface area contributed by atoms with Gasteiger partial charge in [0.25, 0.3) is 0 Å². The van der Waals surface area contributed by atoms with Crippen LogP contribution in [-0.4, -0.2) is 18.9 Å². The quantitative estimate of drug-likeness (QED) is 0.369. The molecule has 5 heteroatoms. The van der Waals surface area contributed by atoms with E-state index in [1.807, 2.05) is 0 Å². The lowest BCUT2D eigenvalue weighted by Crippen LogP contribution is -2.29. The normalized spacial score (nSPS) is 12.3. The Morgan fingerprint density at radius 1 is 0.889 bits per heavy atom. The fourth-order valence-corrected chi connectivity index (χ4v) is 1.94. The van der Waals surface area contributed by atoms with Crippen LogP contribution >= 0.6 is 0 Å². The molecule has 0 aromatic heterocycles. The maximum Gasteiger partial charge on any atom is 0.406 e. The Bertz CT molecular complexity index is 201. The predicted octanol–water partition coefficient (Wildman–Crippen LogP) is 2.23. The maximum absolute atomic E-state index is 10.4. The molecular weight excluding hydrogens is 230 g/mol. The minimum atomic E-state index is -0.792. The van der Waals surface area contributed by atoms with E-state index in [0.717, 1.165) is 25.8 Å². The summed E-state index contributed by atoms with van der Waals surface area (Å²) in [6.07, 6.45) is 10.3. The van der Waals surface area contributed by atoms with Gasteiger partial charge in [-0.2, -0.15) is 0 Å². The average Bonchev–Trinajstić information content (AvgIpc) is 2.30. The summed E-state index contributed by atoms with van der Waals surface area (Å²) < 4.78 is 4.64. The molecule has 0 spiro atoms. The molecule has 0 bridgehead atoms. The minimum Gasteiger partial charge on any atom is -0.431 e. The minimum absolute atomic E-state index is 0.543. The lowest BCUT2D eigenvalue weighted by Gasteiger charge is -2.10. The topological polar surface area (TPSA) is 104 Å². The van der Waals surface area contributed by atoms with E-state index in [9.17, 15) is 4.79 Å². The number of carbonyl (C=O) groups excluding carboxylic acids is 1. The number of unbranched alkanes of at least 4 members (excludes halogenated alkanes) is 8. The molecule has 0 heterocycles. The van der Waals surface area contributed by atoms with Crippen molar-refractivity contribution in [3.63, 3.8) is 0 Å². The number of rotatable bonds is 12. The molecule has 0 rings (SSSR count). The molecule has 1 atom stereocenters. The molecule has 0 saturated heterocycles. The van der Waals surface area contributed by atoms with Gasteiger partial charge in [0.1, 0.15) is 0 Å². The standard InChI is InChI=1S/C13H29N3O2/c14-11-9-7-5-3-1-2-4-6-8-10-12(15)18-13(16)17/h12H,1-11,14-15H2,(H2,16,17). The van der Waals surface area contributed by atoms with Crippen molar-refractivity contribution < 1.29 is 9.53 Å². The van der Waals surface area contributed by atoms with E-state index in [1.165, 1.54) is 38.5 Å². The third-order valence-electron chi connectivity index (χ3n) is 2.96. The molecule has 0 radical (unpaired) electrons. The van der Waals surface area contributed by atoms with Gasteiger partial charge in [0.2, 0.25) is 0 Å². The molecule has 0 aromatic carbocycles. The Labute approximate surface area is 110 Å². The third-order valence-corrected chi connectivity index (χ3v) is 2.96. The number of hydrogen-bond acceptors (Lipinski definition) is 4. The number of nitrogens with two attached hydrogens (primary N) is 3. The molecule has 18 heavy (non-hydrogen) atoms. The molecule has 0 aromatic rings. The van der Waals surface area contributed by atoms with E-state index in [1.54, 1.807) is 0 Å². The van der Waals surface area contributed by atoms with Crippen molar-refractivity contribution in [2.45, 2.75) is 70.4 Å². The predicted molar refractivity (Wildman–Crippen MR) is 73.9 cm³/mol. The molecule has 0 fully saturated rings. The van der Waals surface area contributed by atoms with E-state index < -0.39 is 12.3 Å². The highest BCUT2D eigenvalue weighted by Gasteiger charge is 2.05. The highest BCUT2D eigenvalue weighted by Crippen LogP contribution is 2.11. The van der Waals surface area contributed by atoms with Gasteiger partial charge >= 0.3 is 6.09 Å². The molecule has 0 aliphatic rings. The smallest absolute Gasteiger partial charge is 0.406 e. The molecule has 108 valence electrons. The second-order valence-corrected chi connectivity index (χ2v) is 4.73. The zero-order valence-electron chi connectivity index (χ0n) is 11.4. The summed E-state index contributed by atoms with van der Waals surface area (Å²) in [5.41, 5.74) is 15.8. The molecule has 0 saturated carbocycles. The van der Waals surface area contributed by atoms with Crippen molar-refractivity contribution in [1.82, 2.24) is 0 Å². The van der Waals surface area contributed by atoms with Crippen molar-refractivity contribution >= 4 is 6.09 Å². The van der Waals surface area contributed by atoms with Gasteiger partial charge in [-0.25, -0.2) is 4.79 Å². The lowest BCUT2D eigenvalue weighted by atomic mass is 10.1. The van der Waals surface area contributed by atoms with Gasteiger partial charge in [-0.3, -0.25) is 5.73 Å². The first-order chi connectivity index (χ1) is 8.66. The Hall–Kier alpha value is -0.810.